The molecule has 0 fully saturated rings. The Labute approximate surface area is 134 Å². The van der Waals surface area contributed by atoms with Gasteiger partial charge >= 0.3 is 0 Å². The molecule has 7 heteroatoms. The van der Waals surface area contributed by atoms with Gasteiger partial charge in [-0.2, -0.15) is 5.10 Å². The van der Waals surface area contributed by atoms with E-state index in [0.29, 0.717) is 20.7 Å². The molecule has 0 saturated carbocycles. The number of fused-ring (bicyclic) bond motifs is 1. The van der Waals surface area contributed by atoms with Gasteiger partial charge in [-0.25, -0.2) is 4.98 Å². The van der Waals surface area contributed by atoms with Crippen LogP contribution < -0.4 is 5.43 Å². The van der Waals surface area contributed by atoms with E-state index in [1.165, 1.54) is 23.6 Å². The van der Waals surface area contributed by atoms with Gasteiger partial charge in [-0.05, 0) is 24.3 Å². The zero-order valence-electron chi connectivity index (χ0n) is 10.5. The number of hydrogen-bond donors (Lipinski definition) is 2. The van der Waals surface area contributed by atoms with Crippen LogP contribution in [0.3, 0.4) is 0 Å². The average molecular weight is 338 g/mol. The summed E-state index contributed by atoms with van der Waals surface area (Å²) in [6.45, 7) is 0. The van der Waals surface area contributed by atoms with Gasteiger partial charge < -0.3 is 5.11 Å². The molecule has 106 valence electrons. The number of anilines is 1. The highest BCUT2D eigenvalue weighted by molar-refractivity contribution is 7.22. The molecule has 0 bridgehead atoms. The number of hydrazone groups is 1. The van der Waals surface area contributed by atoms with Gasteiger partial charge in [0.05, 0.1) is 27.0 Å². The first-order valence-electron chi connectivity index (χ1n) is 5.96. The lowest BCUT2D eigenvalue weighted by Gasteiger charge is -2.02. The lowest BCUT2D eigenvalue weighted by molar-refractivity contribution is 0.474. The molecule has 1 heterocycles. The van der Waals surface area contributed by atoms with Gasteiger partial charge in [0.25, 0.3) is 0 Å². The van der Waals surface area contributed by atoms with E-state index in [-0.39, 0.29) is 5.75 Å². The fourth-order valence-corrected chi connectivity index (χ4v) is 3.12. The normalized spacial score (nSPS) is 11.3. The van der Waals surface area contributed by atoms with E-state index in [0.717, 1.165) is 10.2 Å². The Kier molecular flexibility index (Phi) is 3.96. The predicted molar refractivity (Wildman–Crippen MR) is 89.0 cm³/mol. The second-order valence-corrected chi connectivity index (χ2v) is 6.05. The SMILES string of the molecule is Oc1cc(Cl)cc(Cl)c1/C=N/Nc1nc2ccccc2s1. The number of nitrogens with zero attached hydrogens (tertiary/aromatic N) is 2. The molecule has 21 heavy (non-hydrogen) atoms. The van der Waals surface area contributed by atoms with Crippen molar-refractivity contribution < 1.29 is 5.11 Å². The van der Waals surface area contributed by atoms with Crippen molar-refractivity contribution in [3.05, 3.63) is 52.0 Å². The third kappa shape index (κ3) is 3.10. The highest BCUT2D eigenvalue weighted by Crippen LogP contribution is 2.29. The van der Waals surface area contributed by atoms with Crippen LogP contribution in [-0.4, -0.2) is 16.3 Å². The van der Waals surface area contributed by atoms with Crippen molar-refractivity contribution in [2.75, 3.05) is 5.43 Å². The Balaban J connectivity index is 1.81. The summed E-state index contributed by atoms with van der Waals surface area (Å²) in [5, 5.41) is 15.2. The molecular formula is C14H9Cl2N3OS. The first-order chi connectivity index (χ1) is 10.1. The van der Waals surface area contributed by atoms with Crippen LogP contribution >= 0.6 is 34.5 Å². The number of phenolic OH excluding ortho intramolecular Hbond substituents is 1. The molecule has 0 aliphatic carbocycles. The zero-order chi connectivity index (χ0) is 14.8. The summed E-state index contributed by atoms with van der Waals surface area (Å²) in [7, 11) is 0. The molecule has 0 unspecified atom stereocenters. The van der Waals surface area contributed by atoms with E-state index in [9.17, 15) is 5.11 Å². The lowest BCUT2D eigenvalue weighted by Crippen LogP contribution is -1.91. The van der Waals surface area contributed by atoms with Crippen molar-refractivity contribution in [1.29, 1.82) is 0 Å². The number of hydrogen-bond acceptors (Lipinski definition) is 5. The van der Waals surface area contributed by atoms with Gasteiger partial charge in [0.15, 0.2) is 0 Å². The molecule has 3 rings (SSSR count). The molecule has 4 nitrogen and oxygen atoms in total. The van der Waals surface area contributed by atoms with Crippen LogP contribution in [0.2, 0.25) is 10.0 Å². The van der Waals surface area contributed by atoms with E-state index in [4.69, 9.17) is 23.2 Å². The molecule has 0 aliphatic heterocycles. The Morgan fingerprint density at radius 2 is 2.05 bits per heavy atom. The average Bonchev–Trinajstić information content (AvgIpc) is 2.84. The number of phenols is 1. The molecule has 0 saturated heterocycles. The van der Waals surface area contributed by atoms with Crippen molar-refractivity contribution in [1.82, 2.24) is 4.98 Å². The molecule has 2 aromatic carbocycles. The van der Waals surface area contributed by atoms with Gasteiger partial charge in [0, 0.05) is 5.02 Å². The summed E-state index contributed by atoms with van der Waals surface area (Å²) in [5.74, 6) is -0.0256. The van der Waals surface area contributed by atoms with Gasteiger partial charge in [-0.1, -0.05) is 46.7 Å². The van der Waals surface area contributed by atoms with Crippen LogP contribution in [0.15, 0.2) is 41.5 Å². The standard InChI is InChI=1S/C14H9Cl2N3OS/c15-8-5-10(16)9(12(20)6-8)7-17-19-14-18-11-3-1-2-4-13(11)21-14/h1-7,20H,(H,18,19)/b17-7+. The molecule has 1 aromatic heterocycles. The van der Waals surface area contributed by atoms with Crippen molar-refractivity contribution in [3.63, 3.8) is 0 Å². The number of halogens is 2. The van der Waals surface area contributed by atoms with Crippen LogP contribution in [0.1, 0.15) is 5.56 Å². The fraction of sp³-hybridized carbons (Fsp3) is 0. The molecule has 0 atom stereocenters. The largest absolute Gasteiger partial charge is 0.507 e. The van der Waals surface area contributed by atoms with Crippen molar-refractivity contribution in [3.8, 4) is 5.75 Å². The maximum Gasteiger partial charge on any atom is 0.204 e. The molecule has 0 spiro atoms. The van der Waals surface area contributed by atoms with Crippen LogP contribution in [0, 0.1) is 0 Å². The molecule has 3 aromatic rings. The second-order valence-electron chi connectivity index (χ2n) is 4.18. The summed E-state index contributed by atoms with van der Waals surface area (Å²) in [4.78, 5) is 4.38. The highest BCUT2D eigenvalue weighted by atomic mass is 35.5. The van der Waals surface area contributed by atoms with Gasteiger partial charge in [-0.3, -0.25) is 5.43 Å². The monoisotopic (exact) mass is 337 g/mol. The number of para-hydroxylation sites is 1. The van der Waals surface area contributed by atoms with Gasteiger partial charge in [0.2, 0.25) is 5.13 Å². The number of nitrogens with one attached hydrogen (secondary N) is 1. The number of aromatic nitrogens is 1. The predicted octanol–water partition coefficient (Wildman–Crippen LogP) is 4.75. The van der Waals surface area contributed by atoms with E-state index >= 15 is 0 Å². The van der Waals surface area contributed by atoms with E-state index in [1.54, 1.807) is 6.07 Å². The summed E-state index contributed by atoms with van der Waals surface area (Å²) in [5.41, 5.74) is 4.13. The maximum atomic E-state index is 9.78. The Morgan fingerprint density at radius 1 is 1.24 bits per heavy atom. The molecule has 0 aliphatic rings. The fourth-order valence-electron chi connectivity index (χ4n) is 1.77. The van der Waals surface area contributed by atoms with Gasteiger partial charge in [-0.15, -0.1) is 0 Å². The highest BCUT2D eigenvalue weighted by Gasteiger charge is 2.06. The number of benzene rings is 2. The van der Waals surface area contributed by atoms with E-state index in [2.05, 4.69) is 15.5 Å². The van der Waals surface area contributed by atoms with Crippen molar-refractivity contribution in [2.45, 2.75) is 0 Å². The van der Waals surface area contributed by atoms with Crippen LogP contribution in [0.4, 0.5) is 5.13 Å². The first-order valence-corrected chi connectivity index (χ1v) is 7.53. The Hall–Kier alpha value is -1.82. The topological polar surface area (TPSA) is 57.5 Å². The minimum absolute atomic E-state index is 0.0256. The quantitative estimate of drug-likeness (QED) is 0.535. The molecular weight excluding hydrogens is 329 g/mol. The van der Waals surface area contributed by atoms with E-state index < -0.39 is 0 Å². The minimum atomic E-state index is -0.0256. The third-order valence-corrected chi connectivity index (χ3v) is 4.19. The maximum absolute atomic E-state index is 9.78. The van der Waals surface area contributed by atoms with Crippen LogP contribution in [-0.2, 0) is 0 Å². The minimum Gasteiger partial charge on any atom is -0.507 e. The van der Waals surface area contributed by atoms with Crippen molar-refractivity contribution in [2.24, 2.45) is 5.10 Å². The number of rotatable bonds is 3. The molecule has 0 radical (unpaired) electrons. The third-order valence-electron chi connectivity index (χ3n) is 2.72. The lowest BCUT2D eigenvalue weighted by atomic mass is 10.2. The summed E-state index contributed by atoms with van der Waals surface area (Å²) < 4.78 is 1.07. The second kappa shape index (κ2) is 5.89. The zero-order valence-corrected chi connectivity index (χ0v) is 12.9. The van der Waals surface area contributed by atoms with Gasteiger partial charge in [0.1, 0.15) is 5.75 Å². The van der Waals surface area contributed by atoms with Crippen molar-refractivity contribution >= 4 is 56.1 Å². The van der Waals surface area contributed by atoms with Crippen LogP contribution in [0.25, 0.3) is 10.2 Å². The number of aromatic hydroxyl groups is 1. The van der Waals surface area contributed by atoms with E-state index in [1.807, 2.05) is 24.3 Å². The Morgan fingerprint density at radius 3 is 2.81 bits per heavy atom. The Bertz CT molecular complexity index is 776. The summed E-state index contributed by atoms with van der Waals surface area (Å²) in [6.07, 6.45) is 1.43. The van der Waals surface area contributed by atoms with Crippen LogP contribution in [0.5, 0.6) is 5.75 Å². The number of thiazole rings is 1. The molecule has 0 amide bonds. The summed E-state index contributed by atoms with van der Waals surface area (Å²) in [6, 6.07) is 10.8. The smallest absolute Gasteiger partial charge is 0.204 e. The molecule has 2 N–H and O–H groups in total. The summed E-state index contributed by atoms with van der Waals surface area (Å²) >= 11 is 13.3. The first kappa shape index (κ1) is 14.1.